The van der Waals surface area contributed by atoms with Crippen LogP contribution in [0.1, 0.15) is 12.5 Å². The Morgan fingerprint density at radius 3 is 2.72 bits per heavy atom. The van der Waals surface area contributed by atoms with Gasteiger partial charge in [0.25, 0.3) is 0 Å². The standard InChI is InChI=1S/C14H18O4/c1-11-13(9-18-14(11)15)8-17-10-16-7-12-5-3-2-4-6-12/h2-6,11,13H,7-10H2,1H3/t11-,13+/m1/s1. The van der Waals surface area contributed by atoms with Gasteiger partial charge in [0.05, 0.1) is 25.7 Å². The fourth-order valence-corrected chi connectivity index (χ4v) is 1.84. The summed E-state index contributed by atoms with van der Waals surface area (Å²) in [5.74, 6) is -0.0502. The Labute approximate surface area is 107 Å². The number of carbonyl (C=O) groups excluding carboxylic acids is 1. The molecule has 1 saturated heterocycles. The Balaban J connectivity index is 1.58. The number of rotatable bonds is 6. The maximum absolute atomic E-state index is 11.1. The highest BCUT2D eigenvalue weighted by Crippen LogP contribution is 2.21. The number of esters is 1. The fraction of sp³-hybridized carbons (Fsp3) is 0.500. The number of hydrogen-bond acceptors (Lipinski definition) is 4. The average molecular weight is 250 g/mol. The number of ether oxygens (including phenoxy) is 3. The van der Waals surface area contributed by atoms with E-state index in [0.717, 1.165) is 5.56 Å². The van der Waals surface area contributed by atoms with E-state index in [2.05, 4.69) is 0 Å². The van der Waals surface area contributed by atoms with Gasteiger partial charge in [0.1, 0.15) is 6.79 Å². The summed E-state index contributed by atoms with van der Waals surface area (Å²) in [6, 6.07) is 9.93. The molecule has 4 heteroatoms. The van der Waals surface area contributed by atoms with Gasteiger partial charge in [0, 0.05) is 5.92 Å². The molecule has 0 aromatic heterocycles. The molecule has 1 fully saturated rings. The average Bonchev–Trinajstić information content (AvgIpc) is 2.71. The van der Waals surface area contributed by atoms with Crippen molar-refractivity contribution in [2.45, 2.75) is 13.5 Å². The molecule has 1 aliphatic rings. The van der Waals surface area contributed by atoms with Crippen LogP contribution in [0, 0.1) is 11.8 Å². The first-order valence-electron chi connectivity index (χ1n) is 6.13. The highest BCUT2D eigenvalue weighted by Gasteiger charge is 2.32. The van der Waals surface area contributed by atoms with Gasteiger partial charge >= 0.3 is 5.97 Å². The summed E-state index contributed by atoms with van der Waals surface area (Å²) in [7, 11) is 0. The fourth-order valence-electron chi connectivity index (χ4n) is 1.84. The van der Waals surface area contributed by atoms with Crippen molar-refractivity contribution in [1.29, 1.82) is 0 Å². The van der Waals surface area contributed by atoms with Gasteiger partial charge in [-0.15, -0.1) is 0 Å². The van der Waals surface area contributed by atoms with Crippen LogP contribution in [0.5, 0.6) is 0 Å². The van der Waals surface area contributed by atoms with Crippen molar-refractivity contribution in [3.8, 4) is 0 Å². The quantitative estimate of drug-likeness (QED) is 0.440. The third-order valence-corrected chi connectivity index (χ3v) is 3.13. The number of hydrogen-bond donors (Lipinski definition) is 0. The molecule has 1 aromatic rings. The minimum atomic E-state index is -0.131. The van der Waals surface area contributed by atoms with E-state index >= 15 is 0 Å². The molecule has 0 saturated carbocycles. The van der Waals surface area contributed by atoms with Crippen LogP contribution >= 0.6 is 0 Å². The lowest BCUT2D eigenvalue weighted by Gasteiger charge is -2.11. The molecule has 0 amide bonds. The summed E-state index contributed by atoms with van der Waals surface area (Å²) >= 11 is 0. The minimum absolute atomic E-state index is 0.0703. The molecule has 2 rings (SSSR count). The molecular weight excluding hydrogens is 232 g/mol. The zero-order valence-corrected chi connectivity index (χ0v) is 10.5. The molecule has 2 atom stereocenters. The van der Waals surface area contributed by atoms with Crippen LogP contribution in [0.15, 0.2) is 30.3 Å². The zero-order valence-electron chi connectivity index (χ0n) is 10.5. The molecule has 1 heterocycles. The third-order valence-electron chi connectivity index (χ3n) is 3.13. The zero-order chi connectivity index (χ0) is 12.8. The first-order valence-corrected chi connectivity index (χ1v) is 6.13. The van der Waals surface area contributed by atoms with Crippen molar-refractivity contribution in [2.75, 3.05) is 20.0 Å². The Morgan fingerprint density at radius 2 is 2.06 bits per heavy atom. The summed E-state index contributed by atoms with van der Waals surface area (Å²) in [5, 5.41) is 0. The first-order chi connectivity index (χ1) is 8.77. The molecule has 0 aliphatic carbocycles. The minimum Gasteiger partial charge on any atom is -0.465 e. The van der Waals surface area contributed by atoms with E-state index in [1.54, 1.807) is 0 Å². The molecule has 0 spiro atoms. The van der Waals surface area contributed by atoms with Crippen LogP contribution in [0.4, 0.5) is 0 Å². The van der Waals surface area contributed by atoms with Crippen LogP contribution in [-0.4, -0.2) is 26.0 Å². The molecule has 0 bridgehead atoms. The number of cyclic esters (lactones) is 1. The normalized spacial score (nSPS) is 23.1. The molecule has 0 unspecified atom stereocenters. The second-order valence-electron chi connectivity index (χ2n) is 4.50. The second kappa shape index (κ2) is 6.52. The Bertz CT molecular complexity index is 377. The third kappa shape index (κ3) is 3.55. The van der Waals surface area contributed by atoms with Gasteiger partial charge < -0.3 is 14.2 Å². The molecule has 0 radical (unpaired) electrons. The Morgan fingerprint density at radius 1 is 1.28 bits per heavy atom. The van der Waals surface area contributed by atoms with E-state index in [9.17, 15) is 4.79 Å². The Hall–Kier alpha value is -1.39. The van der Waals surface area contributed by atoms with Crippen LogP contribution < -0.4 is 0 Å². The number of carbonyl (C=O) groups is 1. The van der Waals surface area contributed by atoms with Gasteiger partial charge in [-0.3, -0.25) is 4.79 Å². The summed E-state index contributed by atoms with van der Waals surface area (Å²) in [6.45, 7) is 3.61. The molecule has 0 N–H and O–H groups in total. The van der Waals surface area contributed by atoms with Crippen LogP contribution in [0.25, 0.3) is 0 Å². The summed E-state index contributed by atoms with van der Waals surface area (Å²) in [5.41, 5.74) is 1.12. The van der Waals surface area contributed by atoms with Crippen molar-refractivity contribution in [3.05, 3.63) is 35.9 Å². The van der Waals surface area contributed by atoms with E-state index in [1.165, 1.54) is 0 Å². The second-order valence-corrected chi connectivity index (χ2v) is 4.50. The van der Waals surface area contributed by atoms with Crippen molar-refractivity contribution < 1.29 is 19.0 Å². The van der Waals surface area contributed by atoms with E-state index < -0.39 is 0 Å². The first kappa shape index (κ1) is 13.1. The number of benzene rings is 1. The SMILES string of the molecule is C[C@H]1C(=O)OC[C@@H]1COCOCc1ccccc1. The van der Waals surface area contributed by atoms with Crippen LogP contribution in [-0.2, 0) is 25.6 Å². The maximum atomic E-state index is 11.1. The van der Waals surface area contributed by atoms with Gasteiger partial charge in [-0.25, -0.2) is 0 Å². The largest absolute Gasteiger partial charge is 0.465 e. The van der Waals surface area contributed by atoms with E-state index in [4.69, 9.17) is 14.2 Å². The predicted molar refractivity (Wildman–Crippen MR) is 65.7 cm³/mol. The maximum Gasteiger partial charge on any atom is 0.309 e. The predicted octanol–water partition coefficient (Wildman–Crippen LogP) is 1.99. The molecule has 18 heavy (non-hydrogen) atoms. The monoisotopic (exact) mass is 250 g/mol. The highest BCUT2D eigenvalue weighted by atomic mass is 16.7. The van der Waals surface area contributed by atoms with Gasteiger partial charge in [-0.2, -0.15) is 0 Å². The highest BCUT2D eigenvalue weighted by molar-refractivity contribution is 5.74. The Kier molecular flexibility index (Phi) is 4.73. The van der Waals surface area contributed by atoms with Crippen molar-refractivity contribution in [3.63, 3.8) is 0 Å². The summed E-state index contributed by atoms with van der Waals surface area (Å²) < 4.78 is 15.7. The molecule has 98 valence electrons. The van der Waals surface area contributed by atoms with E-state index in [-0.39, 0.29) is 24.6 Å². The molecular formula is C14H18O4. The van der Waals surface area contributed by atoms with Crippen LogP contribution in [0.3, 0.4) is 0 Å². The van der Waals surface area contributed by atoms with Gasteiger partial charge in [0.2, 0.25) is 0 Å². The van der Waals surface area contributed by atoms with Gasteiger partial charge in [-0.05, 0) is 5.56 Å². The van der Waals surface area contributed by atoms with E-state index in [1.807, 2.05) is 37.3 Å². The van der Waals surface area contributed by atoms with Gasteiger partial charge in [-0.1, -0.05) is 37.3 Å². The smallest absolute Gasteiger partial charge is 0.309 e. The van der Waals surface area contributed by atoms with Crippen molar-refractivity contribution >= 4 is 5.97 Å². The van der Waals surface area contributed by atoms with Gasteiger partial charge in [0.15, 0.2) is 0 Å². The molecule has 1 aliphatic heterocycles. The molecule has 1 aromatic carbocycles. The van der Waals surface area contributed by atoms with Crippen molar-refractivity contribution in [2.24, 2.45) is 11.8 Å². The molecule has 4 nitrogen and oxygen atoms in total. The van der Waals surface area contributed by atoms with Crippen LogP contribution in [0.2, 0.25) is 0 Å². The van der Waals surface area contributed by atoms with Crippen molar-refractivity contribution in [1.82, 2.24) is 0 Å². The van der Waals surface area contributed by atoms with E-state index in [0.29, 0.717) is 19.8 Å². The topological polar surface area (TPSA) is 44.8 Å². The summed E-state index contributed by atoms with van der Waals surface area (Å²) in [4.78, 5) is 11.1. The lowest BCUT2D eigenvalue weighted by atomic mass is 9.99. The lowest BCUT2D eigenvalue weighted by Crippen LogP contribution is -2.18. The summed E-state index contributed by atoms with van der Waals surface area (Å²) in [6.07, 6.45) is 0. The lowest BCUT2D eigenvalue weighted by molar-refractivity contribution is -0.140.